The molecule has 3 aromatic carbocycles. The van der Waals surface area contributed by atoms with Gasteiger partial charge in [-0.25, -0.2) is 9.07 Å². The van der Waals surface area contributed by atoms with Crippen molar-refractivity contribution in [3.8, 4) is 28.4 Å². The first-order valence-electron chi connectivity index (χ1n) is 9.70. The number of aromatic hydroxyl groups is 2. The van der Waals surface area contributed by atoms with E-state index >= 15 is 0 Å². The van der Waals surface area contributed by atoms with Gasteiger partial charge in [-0.1, -0.05) is 35.9 Å². The van der Waals surface area contributed by atoms with Gasteiger partial charge in [0, 0.05) is 25.2 Å². The first kappa shape index (κ1) is 21.4. The Bertz CT molecular complexity index is 1290. The van der Waals surface area contributed by atoms with Crippen molar-refractivity contribution in [1.82, 2.24) is 14.7 Å². The van der Waals surface area contributed by atoms with Crippen molar-refractivity contribution in [2.45, 2.75) is 6.54 Å². The summed E-state index contributed by atoms with van der Waals surface area (Å²) in [7, 11) is 1.58. The summed E-state index contributed by atoms with van der Waals surface area (Å²) < 4.78 is 14.7. The number of phenols is 2. The molecule has 0 bridgehead atoms. The number of benzene rings is 3. The highest BCUT2D eigenvalue weighted by atomic mass is 35.5. The van der Waals surface area contributed by atoms with Crippen LogP contribution in [0.25, 0.3) is 16.9 Å². The number of nitrogens with zero attached hydrogens (tertiary/aromatic N) is 3. The lowest BCUT2D eigenvalue weighted by molar-refractivity contribution is 0.0782. The van der Waals surface area contributed by atoms with Crippen LogP contribution in [0.5, 0.6) is 11.5 Å². The molecule has 0 aliphatic heterocycles. The number of hydrogen-bond acceptors (Lipinski definition) is 4. The Hall–Kier alpha value is -3.84. The van der Waals surface area contributed by atoms with Crippen LogP contribution in [-0.2, 0) is 6.54 Å². The van der Waals surface area contributed by atoms with Crippen molar-refractivity contribution < 1.29 is 19.4 Å². The molecule has 0 atom stereocenters. The van der Waals surface area contributed by atoms with E-state index in [2.05, 4.69) is 5.10 Å². The topological polar surface area (TPSA) is 78.6 Å². The molecule has 0 aliphatic rings. The standard InChI is InChI=1S/C24H19ClFN3O3/c1-28(14-15-6-8-16(26)9-7-15)24(32)18-12-17(22(30)13-23(18)31)20-10-11-27-29(20)21-5-3-2-4-19(21)25/h2-13,30-31H,14H2,1H3. The molecule has 4 rings (SSSR count). The van der Waals surface area contributed by atoms with Gasteiger partial charge < -0.3 is 15.1 Å². The Kier molecular flexibility index (Phi) is 5.83. The van der Waals surface area contributed by atoms with Crippen LogP contribution in [0.15, 0.2) is 72.9 Å². The minimum absolute atomic E-state index is 0.00863. The van der Waals surface area contributed by atoms with Crippen LogP contribution in [0, 0.1) is 5.82 Å². The molecule has 0 radical (unpaired) electrons. The van der Waals surface area contributed by atoms with E-state index in [0.717, 1.165) is 11.6 Å². The molecule has 0 fully saturated rings. The van der Waals surface area contributed by atoms with Crippen molar-refractivity contribution in [2.24, 2.45) is 0 Å². The summed E-state index contributed by atoms with van der Waals surface area (Å²) in [5.74, 6) is -1.39. The van der Waals surface area contributed by atoms with Crippen molar-refractivity contribution in [2.75, 3.05) is 7.05 Å². The van der Waals surface area contributed by atoms with E-state index in [-0.39, 0.29) is 29.4 Å². The third-order valence-corrected chi connectivity index (χ3v) is 5.34. The lowest BCUT2D eigenvalue weighted by Crippen LogP contribution is -2.26. The van der Waals surface area contributed by atoms with E-state index in [4.69, 9.17) is 11.6 Å². The fraction of sp³-hybridized carbons (Fsp3) is 0.0833. The number of aromatic nitrogens is 2. The Labute approximate surface area is 188 Å². The van der Waals surface area contributed by atoms with Crippen molar-refractivity contribution in [3.05, 3.63) is 94.9 Å². The van der Waals surface area contributed by atoms with Crippen LogP contribution < -0.4 is 0 Å². The number of para-hydroxylation sites is 1. The number of halogens is 2. The molecule has 1 heterocycles. The summed E-state index contributed by atoms with van der Waals surface area (Å²) in [5.41, 5.74) is 2.14. The minimum Gasteiger partial charge on any atom is -0.507 e. The van der Waals surface area contributed by atoms with E-state index < -0.39 is 5.91 Å². The highest BCUT2D eigenvalue weighted by Crippen LogP contribution is 2.37. The Morgan fingerprint density at radius 2 is 1.78 bits per heavy atom. The van der Waals surface area contributed by atoms with Gasteiger partial charge in [0.25, 0.3) is 5.91 Å². The van der Waals surface area contributed by atoms with Crippen molar-refractivity contribution >= 4 is 17.5 Å². The van der Waals surface area contributed by atoms with E-state index in [1.165, 1.54) is 23.1 Å². The third-order valence-electron chi connectivity index (χ3n) is 5.02. The molecule has 0 saturated carbocycles. The van der Waals surface area contributed by atoms with Gasteiger partial charge in [0.05, 0.1) is 28.2 Å². The molecule has 0 saturated heterocycles. The third kappa shape index (κ3) is 4.15. The molecule has 32 heavy (non-hydrogen) atoms. The highest BCUT2D eigenvalue weighted by Gasteiger charge is 2.22. The first-order chi connectivity index (χ1) is 15.3. The number of amides is 1. The fourth-order valence-electron chi connectivity index (χ4n) is 3.42. The first-order valence-corrected chi connectivity index (χ1v) is 10.1. The van der Waals surface area contributed by atoms with Crippen LogP contribution in [0.4, 0.5) is 4.39 Å². The average molecular weight is 452 g/mol. The van der Waals surface area contributed by atoms with Gasteiger partial charge in [-0.2, -0.15) is 5.10 Å². The fourth-order valence-corrected chi connectivity index (χ4v) is 3.63. The SMILES string of the molecule is CN(Cc1ccc(F)cc1)C(=O)c1cc(-c2ccnn2-c2ccccc2Cl)c(O)cc1O. The summed E-state index contributed by atoms with van der Waals surface area (Å²) in [6, 6.07) is 17.1. The summed E-state index contributed by atoms with van der Waals surface area (Å²) >= 11 is 6.30. The molecule has 0 spiro atoms. The summed E-state index contributed by atoms with van der Waals surface area (Å²) in [6.45, 7) is 0.215. The number of rotatable bonds is 5. The molecule has 4 aromatic rings. The number of carbonyl (C=O) groups excluding carboxylic acids is 1. The number of carbonyl (C=O) groups is 1. The maximum atomic E-state index is 13.1. The second-order valence-electron chi connectivity index (χ2n) is 7.25. The normalized spacial score (nSPS) is 10.8. The number of phenolic OH excluding ortho intramolecular Hbond substituents is 2. The molecule has 2 N–H and O–H groups in total. The summed E-state index contributed by atoms with van der Waals surface area (Å²) in [4.78, 5) is 14.4. The molecule has 1 aromatic heterocycles. The van der Waals surface area contributed by atoms with Gasteiger partial charge in [-0.05, 0) is 42.0 Å². The second kappa shape index (κ2) is 8.72. The predicted octanol–water partition coefficient (Wildman–Crippen LogP) is 5.02. The zero-order chi connectivity index (χ0) is 22.8. The lowest BCUT2D eigenvalue weighted by Gasteiger charge is -2.19. The average Bonchev–Trinajstić information content (AvgIpc) is 3.24. The Balaban J connectivity index is 1.70. The molecule has 1 amide bonds. The van der Waals surface area contributed by atoms with Gasteiger partial charge in [-0.3, -0.25) is 4.79 Å². The van der Waals surface area contributed by atoms with Crippen LogP contribution >= 0.6 is 11.6 Å². The summed E-state index contributed by atoms with van der Waals surface area (Å²) in [5, 5.41) is 25.6. The summed E-state index contributed by atoms with van der Waals surface area (Å²) in [6.07, 6.45) is 1.55. The lowest BCUT2D eigenvalue weighted by atomic mass is 10.0. The zero-order valence-corrected chi connectivity index (χ0v) is 17.8. The van der Waals surface area contributed by atoms with E-state index in [1.54, 1.807) is 54.3 Å². The molecule has 6 nitrogen and oxygen atoms in total. The molecule has 0 aliphatic carbocycles. The second-order valence-corrected chi connectivity index (χ2v) is 7.66. The Morgan fingerprint density at radius 3 is 2.50 bits per heavy atom. The molecule has 162 valence electrons. The van der Waals surface area contributed by atoms with E-state index in [0.29, 0.717) is 22.0 Å². The van der Waals surface area contributed by atoms with Crippen molar-refractivity contribution in [3.63, 3.8) is 0 Å². The highest BCUT2D eigenvalue weighted by molar-refractivity contribution is 6.32. The van der Waals surface area contributed by atoms with E-state index in [1.807, 2.05) is 6.07 Å². The largest absolute Gasteiger partial charge is 0.507 e. The number of hydrogen-bond donors (Lipinski definition) is 2. The molecular weight excluding hydrogens is 433 g/mol. The van der Waals surface area contributed by atoms with Crippen LogP contribution in [0.2, 0.25) is 5.02 Å². The quantitative estimate of drug-likeness (QED) is 0.447. The van der Waals surface area contributed by atoms with Crippen LogP contribution in [0.3, 0.4) is 0 Å². The van der Waals surface area contributed by atoms with Crippen LogP contribution in [0.1, 0.15) is 15.9 Å². The van der Waals surface area contributed by atoms with Gasteiger partial charge in [-0.15, -0.1) is 0 Å². The maximum Gasteiger partial charge on any atom is 0.257 e. The van der Waals surface area contributed by atoms with E-state index in [9.17, 15) is 19.4 Å². The molecule has 8 heteroatoms. The maximum absolute atomic E-state index is 13.1. The van der Waals surface area contributed by atoms with Crippen molar-refractivity contribution in [1.29, 1.82) is 0 Å². The monoisotopic (exact) mass is 451 g/mol. The zero-order valence-electron chi connectivity index (χ0n) is 17.0. The Morgan fingerprint density at radius 1 is 1.06 bits per heavy atom. The van der Waals surface area contributed by atoms with Gasteiger partial charge in [0.2, 0.25) is 0 Å². The minimum atomic E-state index is -0.461. The van der Waals surface area contributed by atoms with Gasteiger partial charge >= 0.3 is 0 Å². The van der Waals surface area contributed by atoms with Gasteiger partial charge in [0.1, 0.15) is 17.3 Å². The molecule has 0 unspecified atom stereocenters. The van der Waals surface area contributed by atoms with Gasteiger partial charge in [0.15, 0.2) is 0 Å². The molecular formula is C24H19ClFN3O3. The predicted molar refractivity (Wildman–Crippen MR) is 120 cm³/mol. The smallest absolute Gasteiger partial charge is 0.257 e. The van der Waals surface area contributed by atoms with Crippen LogP contribution in [-0.4, -0.2) is 37.8 Å².